The Labute approximate surface area is 206 Å². The average Bonchev–Trinajstić information content (AvgIpc) is 3.45. The molecule has 1 aliphatic rings. The third-order valence-corrected chi connectivity index (χ3v) is 6.67. The summed E-state index contributed by atoms with van der Waals surface area (Å²) in [5, 5.41) is 0. The van der Waals surface area contributed by atoms with E-state index >= 15 is 0 Å². The normalized spacial score (nSPS) is 15.7. The van der Waals surface area contributed by atoms with Crippen molar-refractivity contribution >= 4 is 22.6 Å². The summed E-state index contributed by atoms with van der Waals surface area (Å²) in [6.07, 6.45) is 2.37. The molecule has 3 aromatic carbocycles. The maximum absolute atomic E-state index is 13.0. The van der Waals surface area contributed by atoms with E-state index in [2.05, 4.69) is 23.6 Å². The van der Waals surface area contributed by atoms with Crippen LogP contribution >= 0.6 is 0 Å². The predicted octanol–water partition coefficient (Wildman–Crippen LogP) is 5.73. The number of aromatic nitrogens is 2. The number of unbranched alkanes of at least 4 members (excludes halogenated alkanes) is 1. The Morgan fingerprint density at radius 2 is 1.83 bits per heavy atom. The predicted molar refractivity (Wildman–Crippen MR) is 138 cm³/mol. The first kappa shape index (κ1) is 23.0. The number of hydrogen-bond donors (Lipinski definition) is 0. The van der Waals surface area contributed by atoms with Gasteiger partial charge < -0.3 is 18.9 Å². The topological polar surface area (TPSA) is 56.6 Å². The molecule has 6 heteroatoms. The summed E-state index contributed by atoms with van der Waals surface area (Å²) in [6.45, 7) is 4.21. The zero-order valence-corrected chi connectivity index (χ0v) is 20.3. The number of anilines is 1. The van der Waals surface area contributed by atoms with E-state index < -0.39 is 0 Å². The highest BCUT2D eigenvalue weighted by atomic mass is 16.5. The minimum Gasteiger partial charge on any atom is -0.497 e. The van der Waals surface area contributed by atoms with Gasteiger partial charge in [-0.15, -0.1) is 0 Å². The second-order valence-electron chi connectivity index (χ2n) is 9.04. The third kappa shape index (κ3) is 4.87. The molecule has 1 fully saturated rings. The molecule has 0 aliphatic carbocycles. The third-order valence-electron chi connectivity index (χ3n) is 6.67. The number of rotatable bonds is 9. The Balaban J connectivity index is 1.30. The number of fused-ring (bicyclic) bond motifs is 1. The lowest BCUT2D eigenvalue weighted by Gasteiger charge is -2.18. The van der Waals surface area contributed by atoms with E-state index in [0.29, 0.717) is 19.6 Å². The molecular formula is C29H31N3O3. The number of methoxy groups -OCH3 is 1. The molecular weight excluding hydrogens is 438 g/mol. The standard InChI is InChI=1S/C29H31N3O3/c1-21-10-3-6-15-27(21)35-17-8-7-16-31-26-14-5-4-13-25(26)30-29(31)22-18-28(33)32(20-22)23-11-9-12-24(19-23)34-2/h3-6,9-15,19,22H,7-8,16-18,20H2,1-2H3/t22-/m0/s1. The van der Waals surface area contributed by atoms with Gasteiger partial charge in [0.1, 0.15) is 17.3 Å². The molecule has 0 bridgehead atoms. The fourth-order valence-corrected chi connectivity index (χ4v) is 4.82. The Bertz CT molecular complexity index is 1330. The molecule has 0 spiro atoms. The fraction of sp³-hybridized carbons (Fsp3) is 0.310. The van der Waals surface area contributed by atoms with Crippen molar-refractivity contribution in [3.8, 4) is 11.5 Å². The SMILES string of the molecule is COc1cccc(N2C[C@@H](c3nc4ccccc4n3CCCCOc3ccccc3C)CC2=O)c1. The fourth-order valence-electron chi connectivity index (χ4n) is 4.82. The maximum Gasteiger partial charge on any atom is 0.227 e. The van der Waals surface area contributed by atoms with Crippen molar-refractivity contribution in [1.82, 2.24) is 9.55 Å². The molecule has 6 nitrogen and oxygen atoms in total. The second kappa shape index (κ2) is 10.2. The summed E-state index contributed by atoms with van der Waals surface area (Å²) in [4.78, 5) is 19.8. The van der Waals surface area contributed by atoms with Crippen LogP contribution in [0.1, 0.15) is 36.6 Å². The molecule has 1 aliphatic heterocycles. The van der Waals surface area contributed by atoms with Crippen LogP contribution < -0.4 is 14.4 Å². The molecule has 180 valence electrons. The molecule has 1 aromatic heterocycles. The lowest BCUT2D eigenvalue weighted by Crippen LogP contribution is -2.24. The minimum absolute atomic E-state index is 0.0457. The van der Waals surface area contributed by atoms with E-state index in [1.54, 1.807) is 7.11 Å². The van der Waals surface area contributed by atoms with Gasteiger partial charge in [-0.05, 0) is 55.7 Å². The van der Waals surface area contributed by atoms with E-state index in [9.17, 15) is 4.79 Å². The molecule has 2 heterocycles. The number of imidazole rings is 1. The van der Waals surface area contributed by atoms with E-state index in [1.807, 2.05) is 65.6 Å². The number of benzene rings is 3. The van der Waals surface area contributed by atoms with Gasteiger partial charge >= 0.3 is 0 Å². The van der Waals surface area contributed by atoms with Crippen molar-refractivity contribution in [3.05, 3.63) is 84.2 Å². The van der Waals surface area contributed by atoms with Crippen molar-refractivity contribution in [1.29, 1.82) is 0 Å². The number of carbonyl (C=O) groups is 1. The average molecular weight is 470 g/mol. The number of hydrogen-bond acceptors (Lipinski definition) is 4. The molecule has 1 saturated heterocycles. The van der Waals surface area contributed by atoms with Gasteiger partial charge in [0.05, 0.1) is 24.8 Å². The number of nitrogens with zero attached hydrogens (tertiary/aromatic N) is 3. The van der Waals surface area contributed by atoms with Crippen LogP contribution in [-0.2, 0) is 11.3 Å². The number of ether oxygens (including phenoxy) is 2. The van der Waals surface area contributed by atoms with Crippen LogP contribution in [0.4, 0.5) is 5.69 Å². The Hall–Kier alpha value is -3.80. The first-order valence-corrected chi connectivity index (χ1v) is 12.2. The summed E-state index contributed by atoms with van der Waals surface area (Å²) in [6, 6.07) is 24.0. The largest absolute Gasteiger partial charge is 0.497 e. The molecule has 0 N–H and O–H groups in total. The van der Waals surface area contributed by atoms with Crippen LogP contribution in [0.15, 0.2) is 72.8 Å². The summed E-state index contributed by atoms with van der Waals surface area (Å²) in [5.74, 6) is 2.85. The van der Waals surface area contributed by atoms with Gasteiger partial charge in [-0.1, -0.05) is 36.4 Å². The molecule has 1 atom stereocenters. The number of para-hydroxylation sites is 3. The highest BCUT2D eigenvalue weighted by molar-refractivity contribution is 5.96. The quantitative estimate of drug-likeness (QED) is 0.294. The first-order valence-electron chi connectivity index (χ1n) is 12.2. The Morgan fingerprint density at radius 3 is 2.69 bits per heavy atom. The maximum atomic E-state index is 13.0. The molecule has 4 aromatic rings. The summed E-state index contributed by atoms with van der Waals surface area (Å²) >= 11 is 0. The van der Waals surface area contributed by atoms with E-state index in [-0.39, 0.29) is 11.8 Å². The van der Waals surface area contributed by atoms with Crippen molar-refractivity contribution in [3.63, 3.8) is 0 Å². The van der Waals surface area contributed by atoms with E-state index in [1.165, 1.54) is 0 Å². The first-order chi connectivity index (χ1) is 17.1. The van der Waals surface area contributed by atoms with E-state index in [0.717, 1.165) is 59.0 Å². The summed E-state index contributed by atoms with van der Waals surface area (Å²) in [7, 11) is 1.64. The van der Waals surface area contributed by atoms with Gasteiger partial charge in [-0.2, -0.15) is 0 Å². The number of amides is 1. The van der Waals surface area contributed by atoms with Crippen molar-refractivity contribution < 1.29 is 14.3 Å². The van der Waals surface area contributed by atoms with Crippen LogP contribution in [0.3, 0.4) is 0 Å². The lowest BCUT2D eigenvalue weighted by molar-refractivity contribution is -0.117. The molecule has 0 unspecified atom stereocenters. The zero-order chi connectivity index (χ0) is 24.2. The number of aryl methyl sites for hydroxylation is 2. The van der Waals surface area contributed by atoms with Gasteiger partial charge in [-0.25, -0.2) is 4.98 Å². The lowest BCUT2D eigenvalue weighted by atomic mass is 10.1. The second-order valence-corrected chi connectivity index (χ2v) is 9.04. The molecule has 35 heavy (non-hydrogen) atoms. The molecule has 0 radical (unpaired) electrons. The zero-order valence-electron chi connectivity index (χ0n) is 20.3. The van der Waals surface area contributed by atoms with Crippen LogP contribution in [-0.4, -0.2) is 35.7 Å². The summed E-state index contributed by atoms with van der Waals surface area (Å²) in [5.41, 5.74) is 4.12. The van der Waals surface area contributed by atoms with Gasteiger partial charge in [-0.3, -0.25) is 4.79 Å². The minimum atomic E-state index is 0.0457. The van der Waals surface area contributed by atoms with Gasteiger partial charge in [0.2, 0.25) is 5.91 Å². The van der Waals surface area contributed by atoms with Gasteiger partial charge in [0, 0.05) is 37.2 Å². The van der Waals surface area contributed by atoms with Crippen LogP contribution in [0.5, 0.6) is 11.5 Å². The number of carbonyl (C=O) groups excluding carboxylic acids is 1. The van der Waals surface area contributed by atoms with Gasteiger partial charge in [0.25, 0.3) is 0 Å². The van der Waals surface area contributed by atoms with Gasteiger partial charge in [0.15, 0.2) is 0 Å². The Morgan fingerprint density at radius 1 is 1.00 bits per heavy atom. The Kier molecular flexibility index (Phi) is 6.70. The molecule has 0 saturated carbocycles. The monoisotopic (exact) mass is 469 g/mol. The smallest absolute Gasteiger partial charge is 0.227 e. The van der Waals surface area contributed by atoms with Crippen molar-refractivity contribution in [2.45, 2.75) is 38.6 Å². The van der Waals surface area contributed by atoms with Crippen molar-refractivity contribution in [2.75, 3.05) is 25.2 Å². The van der Waals surface area contributed by atoms with Crippen molar-refractivity contribution in [2.24, 2.45) is 0 Å². The highest BCUT2D eigenvalue weighted by Gasteiger charge is 2.35. The van der Waals surface area contributed by atoms with Crippen LogP contribution in [0, 0.1) is 6.92 Å². The molecule has 1 amide bonds. The highest BCUT2D eigenvalue weighted by Crippen LogP contribution is 2.34. The van der Waals surface area contributed by atoms with E-state index in [4.69, 9.17) is 14.5 Å². The van der Waals surface area contributed by atoms with Crippen LogP contribution in [0.25, 0.3) is 11.0 Å². The molecule has 5 rings (SSSR count). The summed E-state index contributed by atoms with van der Waals surface area (Å²) < 4.78 is 13.6. The van der Waals surface area contributed by atoms with Crippen LogP contribution in [0.2, 0.25) is 0 Å².